The minimum absolute atomic E-state index is 0.302. The van der Waals surface area contributed by atoms with Gasteiger partial charge in [0.05, 0.1) is 5.69 Å². The van der Waals surface area contributed by atoms with Crippen LogP contribution < -0.4 is 10.6 Å². The first-order valence-corrected chi connectivity index (χ1v) is 5.65. The Kier molecular flexibility index (Phi) is 3.92. The zero-order valence-electron chi connectivity index (χ0n) is 10.6. The van der Waals surface area contributed by atoms with E-state index in [0.29, 0.717) is 6.07 Å². The maximum absolute atomic E-state index is 13.5. The van der Waals surface area contributed by atoms with Gasteiger partial charge in [-0.05, 0) is 12.1 Å². The Balaban J connectivity index is 2.42. The molecule has 2 aromatic rings. The van der Waals surface area contributed by atoms with Crippen LogP contribution in [0.2, 0.25) is 0 Å². The molecule has 2 rings (SSSR count). The van der Waals surface area contributed by atoms with Crippen molar-refractivity contribution in [3.05, 3.63) is 41.6 Å². The van der Waals surface area contributed by atoms with Gasteiger partial charge in [-0.3, -0.25) is 0 Å². The van der Waals surface area contributed by atoms with Crippen LogP contribution in [-0.2, 0) is 6.18 Å². The van der Waals surface area contributed by atoms with E-state index in [9.17, 15) is 22.0 Å². The second-order valence-corrected chi connectivity index (χ2v) is 3.96. The van der Waals surface area contributed by atoms with Crippen LogP contribution in [0.3, 0.4) is 0 Å². The third kappa shape index (κ3) is 3.56. The molecule has 0 unspecified atom stereocenters. The lowest BCUT2D eigenvalue weighted by Crippen LogP contribution is -2.12. The summed E-state index contributed by atoms with van der Waals surface area (Å²) in [6, 6.07) is 3.15. The van der Waals surface area contributed by atoms with Crippen molar-refractivity contribution in [1.82, 2.24) is 9.97 Å². The minimum Gasteiger partial charge on any atom is -0.357 e. The predicted octanol–water partition coefficient (Wildman–Crippen LogP) is 3.56. The highest BCUT2D eigenvalue weighted by molar-refractivity contribution is 5.58. The quantitative estimate of drug-likeness (QED) is 0.851. The SMILES string of the molecule is CNc1nc(Nc2cc(F)ccc2F)cc(C(F)(F)F)n1. The van der Waals surface area contributed by atoms with E-state index in [1.165, 1.54) is 7.05 Å². The smallest absolute Gasteiger partial charge is 0.357 e. The minimum atomic E-state index is -4.69. The van der Waals surface area contributed by atoms with Crippen LogP contribution in [0.4, 0.5) is 39.4 Å². The van der Waals surface area contributed by atoms with E-state index in [1.807, 2.05) is 0 Å². The standard InChI is InChI=1S/C12H9F5N4/c1-18-11-20-9(12(15,16)17)5-10(21-11)19-8-4-6(13)2-3-7(8)14/h2-5H,1H3,(H2,18,19,20,21). The van der Waals surface area contributed by atoms with Crippen molar-refractivity contribution in [3.63, 3.8) is 0 Å². The van der Waals surface area contributed by atoms with Gasteiger partial charge in [-0.2, -0.15) is 18.2 Å². The van der Waals surface area contributed by atoms with Crippen molar-refractivity contribution in [2.45, 2.75) is 6.18 Å². The average molecular weight is 304 g/mol. The molecule has 0 aliphatic carbocycles. The number of rotatable bonds is 3. The molecule has 0 aliphatic rings. The Labute approximate surface area is 116 Å². The summed E-state index contributed by atoms with van der Waals surface area (Å²) in [6.45, 7) is 0. The maximum Gasteiger partial charge on any atom is 0.433 e. The van der Waals surface area contributed by atoms with E-state index in [4.69, 9.17) is 0 Å². The molecule has 1 heterocycles. The van der Waals surface area contributed by atoms with Crippen LogP contribution in [0.1, 0.15) is 5.69 Å². The van der Waals surface area contributed by atoms with Crippen LogP contribution in [0, 0.1) is 11.6 Å². The molecule has 4 nitrogen and oxygen atoms in total. The highest BCUT2D eigenvalue weighted by Gasteiger charge is 2.33. The molecule has 9 heteroatoms. The molecule has 21 heavy (non-hydrogen) atoms. The second-order valence-electron chi connectivity index (χ2n) is 3.96. The van der Waals surface area contributed by atoms with Gasteiger partial charge in [0, 0.05) is 19.2 Å². The molecule has 0 radical (unpaired) electrons. The maximum atomic E-state index is 13.5. The first-order valence-electron chi connectivity index (χ1n) is 5.65. The summed E-state index contributed by atoms with van der Waals surface area (Å²) in [5, 5.41) is 4.66. The Morgan fingerprint density at radius 2 is 1.76 bits per heavy atom. The Bertz CT molecular complexity index is 657. The molecule has 0 amide bonds. The number of hydrogen-bond donors (Lipinski definition) is 2. The van der Waals surface area contributed by atoms with Gasteiger partial charge in [0.1, 0.15) is 17.5 Å². The molecule has 1 aromatic heterocycles. The number of alkyl halides is 3. The van der Waals surface area contributed by atoms with E-state index in [-0.39, 0.29) is 17.5 Å². The van der Waals surface area contributed by atoms with Gasteiger partial charge in [0.15, 0.2) is 5.69 Å². The molecular formula is C12H9F5N4. The number of anilines is 3. The van der Waals surface area contributed by atoms with Crippen LogP contribution in [0.5, 0.6) is 0 Å². The lowest BCUT2D eigenvalue weighted by molar-refractivity contribution is -0.141. The number of benzene rings is 1. The molecule has 0 atom stereocenters. The van der Waals surface area contributed by atoms with E-state index in [0.717, 1.165) is 18.2 Å². The lowest BCUT2D eigenvalue weighted by atomic mass is 10.3. The number of aromatic nitrogens is 2. The van der Waals surface area contributed by atoms with Crippen molar-refractivity contribution >= 4 is 17.5 Å². The predicted molar refractivity (Wildman–Crippen MR) is 66.2 cm³/mol. The summed E-state index contributed by atoms with van der Waals surface area (Å²) < 4.78 is 64.6. The molecule has 1 aromatic carbocycles. The number of nitrogens with zero attached hydrogens (tertiary/aromatic N) is 2. The normalized spacial score (nSPS) is 11.3. The number of nitrogens with one attached hydrogen (secondary N) is 2. The molecule has 0 fully saturated rings. The molecule has 0 bridgehead atoms. The van der Waals surface area contributed by atoms with Gasteiger partial charge in [-0.25, -0.2) is 13.8 Å². The third-order valence-corrected chi connectivity index (χ3v) is 2.43. The molecular weight excluding hydrogens is 295 g/mol. The Morgan fingerprint density at radius 1 is 1.05 bits per heavy atom. The van der Waals surface area contributed by atoms with Crippen LogP contribution >= 0.6 is 0 Å². The van der Waals surface area contributed by atoms with Crippen molar-refractivity contribution in [2.75, 3.05) is 17.7 Å². The zero-order chi connectivity index (χ0) is 15.6. The topological polar surface area (TPSA) is 49.8 Å². The first-order chi connectivity index (χ1) is 9.79. The average Bonchev–Trinajstić information content (AvgIpc) is 2.41. The second kappa shape index (κ2) is 5.51. The van der Waals surface area contributed by atoms with Gasteiger partial charge in [-0.1, -0.05) is 0 Å². The number of halogens is 5. The van der Waals surface area contributed by atoms with E-state index in [2.05, 4.69) is 20.6 Å². The van der Waals surface area contributed by atoms with Crippen molar-refractivity contribution in [2.24, 2.45) is 0 Å². The largest absolute Gasteiger partial charge is 0.433 e. The summed E-state index contributed by atoms with van der Waals surface area (Å²) in [5.74, 6) is -2.18. The summed E-state index contributed by atoms with van der Waals surface area (Å²) in [4.78, 5) is 6.96. The number of hydrogen-bond acceptors (Lipinski definition) is 4. The van der Waals surface area contributed by atoms with Gasteiger partial charge in [0.2, 0.25) is 5.95 Å². The van der Waals surface area contributed by atoms with Crippen molar-refractivity contribution in [3.8, 4) is 0 Å². The molecule has 0 spiro atoms. The third-order valence-electron chi connectivity index (χ3n) is 2.43. The van der Waals surface area contributed by atoms with Crippen LogP contribution in [0.25, 0.3) is 0 Å². The van der Waals surface area contributed by atoms with E-state index in [1.54, 1.807) is 0 Å². The Morgan fingerprint density at radius 3 is 2.38 bits per heavy atom. The highest BCUT2D eigenvalue weighted by atomic mass is 19.4. The summed E-state index contributed by atoms with van der Waals surface area (Å²) in [5.41, 5.74) is -1.54. The van der Waals surface area contributed by atoms with Gasteiger partial charge < -0.3 is 10.6 Å². The highest BCUT2D eigenvalue weighted by Crippen LogP contribution is 2.30. The lowest BCUT2D eigenvalue weighted by Gasteiger charge is -2.12. The van der Waals surface area contributed by atoms with Crippen molar-refractivity contribution in [1.29, 1.82) is 0 Å². The first kappa shape index (κ1) is 14.9. The molecule has 112 valence electrons. The summed E-state index contributed by atoms with van der Waals surface area (Å²) >= 11 is 0. The van der Waals surface area contributed by atoms with E-state index >= 15 is 0 Å². The van der Waals surface area contributed by atoms with Gasteiger partial charge in [-0.15, -0.1) is 0 Å². The molecule has 0 aliphatic heterocycles. The van der Waals surface area contributed by atoms with Gasteiger partial charge >= 0.3 is 6.18 Å². The van der Waals surface area contributed by atoms with Crippen LogP contribution in [-0.4, -0.2) is 17.0 Å². The summed E-state index contributed by atoms with van der Waals surface area (Å²) in [6.07, 6.45) is -4.69. The van der Waals surface area contributed by atoms with E-state index < -0.39 is 23.5 Å². The molecule has 0 saturated heterocycles. The Hall–Kier alpha value is -2.45. The summed E-state index contributed by atoms with van der Waals surface area (Å²) in [7, 11) is 1.34. The fourth-order valence-electron chi connectivity index (χ4n) is 1.50. The fourth-order valence-corrected chi connectivity index (χ4v) is 1.50. The molecule has 0 saturated carbocycles. The van der Waals surface area contributed by atoms with Gasteiger partial charge in [0.25, 0.3) is 0 Å². The zero-order valence-corrected chi connectivity index (χ0v) is 10.6. The van der Waals surface area contributed by atoms with Crippen LogP contribution in [0.15, 0.2) is 24.3 Å². The van der Waals surface area contributed by atoms with Crippen molar-refractivity contribution < 1.29 is 22.0 Å². The monoisotopic (exact) mass is 304 g/mol. The molecule has 2 N–H and O–H groups in total. The fraction of sp³-hybridized carbons (Fsp3) is 0.167.